The number of rotatable bonds is 5. The summed E-state index contributed by atoms with van der Waals surface area (Å²) >= 11 is 0. The van der Waals surface area contributed by atoms with Gasteiger partial charge in [0.2, 0.25) is 0 Å². The first-order valence-corrected chi connectivity index (χ1v) is 7.37. The van der Waals surface area contributed by atoms with Crippen LogP contribution in [0, 0.1) is 0 Å². The summed E-state index contributed by atoms with van der Waals surface area (Å²) in [5, 5.41) is 0. The molecule has 3 heteroatoms. The summed E-state index contributed by atoms with van der Waals surface area (Å²) in [4.78, 5) is 2.71. The first kappa shape index (κ1) is 13.3. The normalized spacial score (nSPS) is 38.1. The van der Waals surface area contributed by atoms with E-state index in [4.69, 9.17) is 10.5 Å². The van der Waals surface area contributed by atoms with Crippen LogP contribution >= 0.6 is 0 Å². The van der Waals surface area contributed by atoms with Gasteiger partial charge in [0, 0.05) is 24.7 Å². The summed E-state index contributed by atoms with van der Waals surface area (Å²) in [6.07, 6.45) is 8.03. The molecule has 0 heterocycles. The van der Waals surface area contributed by atoms with Gasteiger partial charge in [-0.1, -0.05) is 6.92 Å². The molecule has 0 aromatic carbocycles. The van der Waals surface area contributed by atoms with E-state index in [1.165, 1.54) is 45.1 Å². The maximum atomic E-state index is 5.98. The van der Waals surface area contributed by atoms with E-state index in [0.29, 0.717) is 12.1 Å². The Morgan fingerprint density at radius 1 is 1.06 bits per heavy atom. The molecule has 100 valence electrons. The molecule has 0 aliphatic heterocycles. The second-order valence-corrected chi connectivity index (χ2v) is 5.60. The molecule has 3 nitrogen and oxygen atoms in total. The standard InChI is InChI=1S/C14H28N2O/c1-3-16(12-7-5-11(15)6-8-12)13-9-14(10-13)17-4-2/h11-14H,3-10,15H2,1-2H3. The Balaban J connectivity index is 1.77. The van der Waals surface area contributed by atoms with Crippen LogP contribution < -0.4 is 5.73 Å². The number of hydrogen-bond acceptors (Lipinski definition) is 3. The molecule has 17 heavy (non-hydrogen) atoms. The topological polar surface area (TPSA) is 38.5 Å². The molecular formula is C14H28N2O. The fourth-order valence-electron chi connectivity index (χ4n) is 3.43. The highest BCUT2D eigenvalue weighted by atomic mass is 16.5. The van der Waals surface area contributed by atoms with Gasteiger partial charge in [-0.3, -0.25) is 4.90 Å². The number of ether oxygens (including phenoxy) is 1. The lowest BCUT2D eigenvalue weighted by Crippen LogP contribution is -2.53. The molecule has 0 saturated heterocycles. The predicted octanol–water partition coefficient (Wildman–Crippen LogP) is 2.15. The van der Waals surface area contributed by atoms with Gasteiger partial charge in [0.15, 0.2) is 0 Å². The zero-order valence-corrected chi connectivity index (χ0v) is 11.4. The summed E-state index contributed by atoms with van der Waals surface area (Å²) in [7, 11) is 0. The molecule has 0 bridgehead atoms. The molecule has 2 aliphatic carbocycles. The van der Waals surface area contributed by atoms with Crippen LogP contribution in [0.3, 0.4) is 0 Å². The van der Waals surface area contributed by atoms with Crippen molar-refractivity contribution in [3.8, 4) is 0 Å². The molecule has 0 aromatic rings. The first-order chi connectivity index (χ1) is 8.24. The van der Waals surface area contributed by atoms with Crippen LogP contribution in [-0.2, 0) is 4.74 Å². The molecule has 0 atom stereocenters. The van der Waals surface area contributed by atoms with Gasteiger partial charge in [0.05, 0.1) is 6.10 Å². The third kappa shape index (κ3) is 3.21. The van der Waals surface area contributed by atoms with Crippen molar-refractivity contribution in [3.63, 3.8) is 0 Å². The van der Waals surface area contributed by atoms with Crippen molar-refractivity contribution >= 4 is 0 Å². The molecule has 2 aliphatic rings. The lowest BCUT2D eigenvalue weighted by molar-refractivity contribution is -0.0603. The predicted molar refractivity (Wildman–Crippen MR) is 71.0 cm³/mol. The summed E-state index contributed by atoms with van der Waals surface area (Å²) in [5.41, 5.74) is 5.98. The Kier molecular flexibility index (Phi) is 4.83. The van der Waals surface area contributed by atoms with E-state index < -0.39 is 0 Å². The van der Waals surface area contributed by atoms with Crippen LogP contribution in [0.15, 0.2) is 0 Å². The average molecular weight is 240 g/mol. The van der Waals surface area contributed by atoms with E-state index in [1.807, 2.05) is 0 Å². The molecule has 2 N–H and O–H groups in total. The average Bonchev–Trinajstić information content (AvgIpc) is 2.29. The second kappa shape index (κ2) is 6.17. The van der Waals surface area contributed by atoms with E-state index in [0.717, 1.165) is 18.7 Å². The zero-order valence-electron chi connectivity index (χ0n) is 11.4. The van der Waals surface area contributed by atoms with Crippen molar-refractivity contribution in [2.75, 3.05) is 13.2 Å². The number of nitrogens with zero attached hydrogens (tertiary/aromatic N) is 1. The van der Waals surface area contributed by atoms with Crippen LogP contribution in [0.2, 0.25) is 0 Å². The van der Waals surface area contributed by atoms with E-state index in [2.05, 4.69) is 18.7 Å². The van der Waals surface area contributed by atoms with Crippen molar-refractivity contribution < 1.29 is 4.74 Å². The lowest BCUT2D eigenvalue weighted by Gasteiger charge is -2.47. The highest BCUT2D eigenvalue weighted by Gasteiger charge is 2.37. The third-order valence-electron chi connectivity index (χ3n) is 4.52. The van der Waals surface area contributed by atoms with Crippen molar-refractivity contribution in [1.82, 2.24) is 4.90 Å². The molecule has 0 amide bonds. The summed E-state index contributed by atoms with van der Waals surface area (Å²) < 4.78 is 5.66. The van der Waals surface area contributed by atoms with E-state index in [-0.39, 0.29) is 0 Å². The van der Waals surface area contributed by atoms with Crippen LogP contribution in [0.5, 0.6) is 0 Å². The molecule has 2 fully saturated rings. The highest BCUT2D eigenvalue weighted by molar-refractivity contribution is 4.92. The van der Waals surface area contributed by atoms with Crippen molar-refractivity contribution in [2.24, 2.45) is 5.73 Å². The molecule has 2 saturated carbocycles. The molecular weight excluding hydrogens is 212 g/mol. The fourth-order valence-corrected chi connectivity index (χ4v) is 3.43. The van der Waals surface area contributed by atoms with Gasteiger partial charge in [0.1, 0.15) is 0 Å². The minimum absolute atomic E-state index is 0.461. The van der Waals surface area contributed by atoms with Crippen LogP contribution in [0.25, 0.3) is 0 Å². The molecule has 0 radical (unpaired) electrons. The van der Waals surface area contributed by atoms with Crippen LogP contribution in [0.4, 0.5) is 0 Å². The van der Waals surface area contributed by atoms with Gasteiger partial charge >= 0.3 is 0 Å². The van der Waals surface area contributed by atoms with Gasteiger partial charge in [-0.05, 0) is 52.0 Å². The number of hydrogen-bond donors (Lipinski definition) is 1. The Labute approximate surface area is 106 Å². The van der Waals surface area contributed by atoms with Gasteiger partial charge in [-0.2, -0.15) is 0 Å². The maximum Gasteiger partial charge on any atom is 0.0604 e. The summed E-state index contributed by atoms with van der Waals surface area (Å²) in [5.74, 6) is 0. The monoisotopic (exact) mass is 240 g/mol. The highest BCUT2D eigenvalue weighted by Crippen LogP contribution is 2.33. The van der Waals surface area contributed by atoms with Crippen molar-refractivity contribution in [2.45, 2.75) is 76.6 Å². The van der Waals surface area contributed by atoms with Gasteiger partial charge < -0.3 is 10.5 Å². The van der Waals surface area contributed by atoms with E-state index in [1.54, 1.807) is 0 Å². The quantitative estimate of drug-likeness (QED) is 0.800. The van der Waals surface area contributed by atoms with Crippen LogP contribution in [0.1, 0.15) is 52.4 Å². The second-order valence-electron chi connectivity index (χ2n) is 5.60. The Hall–Kier alpha value is -0.120. The molecule has 0 unspecified atom stereocenters. The van der Waals surface area contributed by atoms with Gasteiger partial charge in [0.25, 0.3) is 0 Å². The van der Waals surface area contributed by atoms with Gasteiger partial charge in [-0.15, -0.1) is 0 Å². The van der Waals surface area contributed by atoms with Gasteiger partial charge in [-0.25, -0.2) is 0 Å². The van der Waals surface area contributed by atoms with Crippen molar-refractivity contribution in [3.05, 3.63) is 0 Å². The SMILES string of the molecule is CCOC1CC(N(CC)C2CCC(N)CC2)C1. The number of nitrogens with two attached hydrogens (primary N) is 1. The largest absolute Gasteiger partial charge is 0.378 e. The maximum absolute atomic E-state index is 5.98. The molecule has 0 spiro atoms. The third-order valence-corrected chi connectivity index (χ3v) is 4.52. The molecule has 0 aromatic heterocycles. The molecule has 2 rings (SSSR count). The Morgan fingerprint density at radius 3 is 2.24 bits per heavy atom. The first-order valence-electron chi connectivity index (χ1n) is 7.37. The van der Waals surface area contributed by atoms with Crippen molar-refractivity contribution in [1.29, 1.82) is 0 Å². The van der Waals surface area contributed by atoms with Crippen LogP contribution in [-0.4, -0.2) is 42.3 Å². The Bertz CT molecular complexity index is 220. The summed E-state index contributed by atoms with van der Waals surface area (Å²) in [6, 6.07) is 2.02. The van der Waals surface area contributed by atoms with E-state index in [9.17, 15) is 0 Å². The fraction of sp³-hybridized carbons (Fsp3) is 1.00. The smallest absolute Gasteiger partial charge is 0.0604 e. The lowest BCUT2D eigenvalue weighted by atomic mass is 9.83. The minimum Gasteiger partial charge on any atom is -0.378 e. The Morgan fingerprint density at radius 2 is 1.71 bits per heavy atom. The zero-order chi connectivity index (χ0) is 12.3. The summed E-state index contributed by atoms with van der Waals surface area (Å²) in [6.45, 7) is 6.43. The van der Waals surface area contributed by atoms with E-state index >= 15 is 0 Å². The minimum atomic E-state index is 0.461.